The quantitative estimate of drug-likeness (QED) is 0.639. The van der Waals surface area contributed by atoms with Gasteiger partial charge in [-0.3, -0.25) is 14.4 Å². The standard InChI is InChI=1S/C24H36O7/c1-11-14-9-15(30-12(2)25)19-23(6)16(10-17(27)24(19,20(11)28)21(14)29)22(4,5)8-7-18(23)31-13(3)26/h11,14-19,21,27,29H,7-10H2,1-6H3/t11-,14?,15?,16?,17-,18-,19?,21?,23+,24?/m1/s1. The van der Waals surface area contributed by atoms with Crippen LogP contribution < -0.4 is 0 Å². The first-order valence-corrected chi connectivity index (χ1v) is 11.5. The minimum absolute atomic E-state index is 0.0748. The van der Waals surface area contributed by atoms with E-state index in [1.165, 1.54) is 13.8 Å². The van der Waals surface area contributed by atoms with Crippen LogP contribution in [0.5, 0.6) is 0 Å². The molecule has 6 unspecified atom stereocenters. The van der Waals surface area contributed by atoms with Crippen molar-refractivity contribution in [3.05, 3.63) is 0 Å². The number of aliphatic hydroxyl groups is 2. The van der Waals surface area contributed by atoms with E-state index in [0.29, 0.717) is 19.3 Å². The summed E-state index contributed by atoms with van der Waals surface area (Å²) in [5, 5.41) is 22.9. The van der Waals surface area contributed by atoms with E-state index in [-0.39, 0.29) is 23.0 Å². The Balaban J connectivity index is 1.96. The lowest BCUT2D eigenvalue weighted by Crippen LogP contribution is -2.73. The van der Waals surface area contributed by atoms with Crippen LogP contribution in [-0.4, -0.2) is 52.4 Å². The normalized spacial score (nSPS) is 50.3. The third-order valence-electron chi connectivity index (χ3n) is 9.51. The lowest BCUT2D eigenvalue weighted by Gasteiger charge is -2.67. The van der Waals surface area contributed by atoms with Crippen LogP contribution in [0.1, 0.15) is 67.2 Å². The maximum Gasteiger partial charge on any atom is 0.302 e. The molecule has 0 aromatic rings. The summed E-state index contributed by atoms with van der Waals surface area (Å²) in [7, 11) is 0. The number of rotatable bonds is 2. The summed E-state index contributed by atoms with van der Waals surface area (Å²) in [6, 6.07) is 0. The third kappa shape index (κ3) is 2.81. The Hall–Kier alpha value is -1.47. The van der Waals surface area contributed by atoms with Gasteiger partial charge in [-0.1, -0.05) is 27.7 Å². The van der Waals surface area contributed by atoms with Crippen LogP contribution >= 0.6 is 0 Å². The molecule has 0 aromatic carbocycles. The highest BCUT2D eigenvalue weighted by Gasteiger charge is 2.78. The number of fused-ring (bicyclic) bond motifs is 3. The van der Waals surface area contributed by atoms with E-state index in [1.54, 1.807) is 6.92 Å². The highest BCUT2D eigenvalue weighted by molar-refractivity contribution is 5.92. The molecule has 4 aliphatic rings. The number of hydrogen-bond acceptors (Lipinski definition) is 7. The molecular formula is C24H36O7. The summed E-state index contributed by atoms with van der Waals surface area (Å²) in [5.41, 5.74) is -2.33. The number of ketones is 1. The summed E-state index contributed by atoms with van der Waals surface area (Å²) in [6.45, 7) is 10.8. The van der Waals surface area contributed by atoms with Crippen LogP contribution in [0.25, 0.3) is 0 Å². The van der Waals surface area contributed by atoms with Crippen molar-refractivity contribution in [2.45, 2.75) is 91.6 Å². The molecule has 4 aliphatic carbocycles. The predicted octanol–water partition coefficient (Wildman–Crippen LogP) is 2.26. The van der Waals surface area contributed by atoms with Crippen molar-refractivity contribution >= 4 is 17.7 Å². The van der Waals surface area contributed by atoms with Crippen molar-refractivity contribution in [1.29, 1.82) is 0 Å². The molecule has 0 saturated heterocycles. The van der Waals surface area contributed by atoms with Crippen LogP contribution in [0.3, 0.4) is 0 Å². The van der Waals surface area contributed by atoms with Gasteiger partial charge in [-0.2, -0.15) is 0 Å². The predicted molar refractivity (Wildman–Crippen MR) is 111 cm³/mol. The fraction of sp³-hybridized carbons (Fsp3) is 0.875. The first-order valence-electron chi connectivity index (χ1n) is 11.5. The van der Waals surface area contributed by atoms with Gasteiger partial charge >= 0.3 is 11.9 Å². The highest BCUT2D eigenvalue weighted by atomic mass is 16.6. The van der Waals surface area contributed by atoms with Crippen LogP contribution in [-0.2, 0) is 23.9 Å². The lowest BCUT2D eigenvalue weighted by atomic mass is 9.38. The van der Waals surface area contributed by atoms with Gasteiger partial charge in [-0.25, -0.2) is 0 Å². The molecule has 4 rings (SSSR count). The molecule has 0 amide bonds. The van der Waals surface area contributed by atoms with Crippen molar-refractivity contribution in [1.82, 2.24) is 0 Å². The van der Waals surface area contributed by atoms with Crippen molar-refractivity contribution in [2.24, 2.45) is 39.9 Å². The van der Waals surface area contributed by atoms with E-state index in [1.807, 2.05) is 6.92 Å². The van der Waals surface area contributed by atoms with Crippen molar-refractivity contribution in [3.63, 3.8) is 0 Å². The Bertz CT molecular complexity index is 806. The molecule has 4 fully saturated rings. The zero-order valence-electron chi connectivity index (χ0n) is 19.4. The highest BCUT2D eigenvalue weighted by Crippen LogP contribution is 2.71. The smallest absolute Gasteiger partial charge is 0.302 e. The van der Waals surface area contributed by atoms with E-state index in [0.717, 1.165) is 6.42 Å². The van der Waals surface area contributed by atoms with Gasteiger partial charge in [0, 0.05) is 31.1 Å². The van der Waals surface area contributed by atoms with Gasteiger partial charge < -0.3 is 19.7 Å². The van der Waals surface area contributed by atoms with Crippen molar-refractivity contribution in [3.8, 4) is 0 Å². The Labute approximate surface area is 183 Å². The second-order valence-electron chi connectivity index (χ2n) is 11.4. The van der Waals surface area contributed by atoms with Gasteiger partial charge in [0.25, 0.3) is 0 Å². The van der Waals surface area contributed by atoms with Gasteiger partial charge in [0.15, 0.2) is 0 Å². The molecule has 1 spiro atoms. The summed E-state index contributed by atoms with van der Waals surface area (Å²) in [6.07, 6.45) is -1.03. The number of ether oxygens (including phenoxy) is 2. The Morgan fingerprint density at radius 2 is 1.65 bits per heavy atom. The largest absolute Gasteiger partial charge is 0.462 e. The zero-order chi connectivity index (χ0) is 23.1. The number of carbonyl (C=O) groups is 3. The second-order valence-corrected chi connectivity index (χ2v) is 11.4. The first kappa shape index (κ1) is 22.7. The molecule has 2 N–H and O–H groups in total. The average molecular weight is 437 g/mol. The number of Topliss-reactive ketones (excluding diaryl/α,β-unsaturated/α-hetero) is 1. The molecule has 7 heteroatoms. The number of aliphatic hydroxyl groups excluding tert-OH is 2. The first-order chi connectivity index (χ1) is 14.3. The van der Waals surface area contributed by atoms with E-state index in [9.17, 15) is 24.6 Å². The molecular weight excluding hydrogens is 400 g/mol. The maximum absolute atomic E-state index is 13.7. The van der Waals surface area contributed by atoms with Gasteiger partial charge in [-0.05, 0) is 42.9 Å². The molecule has 7 nitrogen and oxygen atoms in total. The maximum atomic E-state index is 13.7. The van der Waals surface area contributed by atoms with E-state index in [2.05, 4.69) is 13.8 Å². The lowest BCUT2D eigenvalue weighted by molar-refractivity contribution is -0.279. The second kappa shape index (κ2) is 7.01. The summed E-state index contributed by atoms with van der Waals surface area (Å²) in [4.78, 5) is 37.9. The molecule has 2 bridgehead atoms. The average Bonchev–Trinajstić information content (AvgIpc) is 2.76. The third-order valence-corrected chi connectivity index (χ3v) is 9.51. The molecule has 174 valence electrons. The number of hydrogen-bond donors (Lipinski definition) is 2. The zero-order valence-corrected chi connectivity index (χ0v) is 19.4. The van der Waals surface area contributed by atoms with E-state index in [4.69, 9.17) is 9.47 Å². The monoisotopic (exact) mass is 436 g/mol. The topological polar surface area (TPSA) is 110 Å². The van der Waals surface area contributed by atoms with Gasteiger partial charge in [0.1, 0.15) is 18.0 Å². The minimum atomic E-state index is -1.42. The summed E-state index contributed by atoms with van der Waals surface area (Å²) in [5.74, 6) is -2.51. The van der Waals surface area contributed by atoms with E-state index >= 15 is 0 Å². The SMILES string of the molecule is CC(=O)OC1CC2C(O)C3(C(=O)[C@@H]2C)C1[C@@]1(C)C(C[C@H]3O)C(C)(C)CC[C@H]1OC(C)=O. The Morgan fingerprint density at radius 1 is 1.03 bits per heavy atom. The molecule has 10 atom stereocenters. The Kier molecular flexibility index (Phi) is 5.14. The fourth-order valence-electron chi connectivity index (χ4n) is 8.41. The van der Waals surface area contributed by atoms with Gasteiger partial charge in [0.05, 0.1) is 17.6 Å². The Morgan fingerprint density at radius 3 is 2.23 bits per heavy atom. The van der Waals surface area contributed by atoms with Crippen LogP contribution in [0, 0.1) is 39.9 Å². The molecule has 31 heavy (non-hydrogen) atoms. The minimum Gasteiger partial charge on any atom is -0.462 e. The van der Waals surface area contributed by atoms with Crippen molar-refractivity contribution in [2.75, 3.05) is 0 Å². The molecule has 0 aromatic heterocycles. The number of carbonyl (C=O) groups excluding carboxylic acids is 3. The van der Waals surface area contributed by atoms with Crippen molar-refractivity contribution < 1.29 is 34.1 Å². The molecule has 0 aliphatic heterocycles. The number of esters is 2. The summed E-state index contributed by atoms with van der Waals surface area (Å²) < 4.78 is 11.7. The van der Waals surface area contributed by atoms with Crippen LogP contribution in [0.2, 0.25) is 0 Å². The molecule has 0 heterocycles. The van der Waals surface area contributed by atoms with E-state index < -0.39 is 59.0 Å². The van der Waals surface area contributed by atoms with Crippen LogP contribution in [0.4, 0.5) is 0 Å². The summed E-state index contributed by atoms with van der Waals surface area (Å²) >= 11 is 0. The molecule has 0 radical (unpaired) electrons. The van der Waals surface area contributed by atoms with Gasteiger partial charge in [0.2, 0.25) is 0 Å². The van der Waals surface area contributed by atoms with Gasteiger partial charge in [-0.15, -0.1) is 0 Å². The van der Waals surface area contributed by atoms with Crippen LogP contribution in [0.15, 0.2) is 0 Å². The molecule has 4 saturated carbocycles. The fourth-order valence-corrected chi connectivity index (χ4v) is 8.41.